The van der Waals surface area contributed by atoms with Crippen molar-refractivity contribution < 1.29 is 17.6 Å². The molecule has 1 heterocycles. The maximum absolute atomic E-state index is 12.6. The van der Waals surface area contributed by atoms with Gasteiger partial charge in [0.05, 0.1) is 5.56 Å². The van der Waals surface area contributed by atoms with Crippen molar-refractivity contribution in [3.8, 4) is 11.5 Å². The van der Waals surface area contributed by atoms with Gasteiger partial charge in [-0.05, 0) is 12.1 Å². The highest BCUT2D eigenvalue weighted by Crippen LogP contribution is 2.28. The fourth-order valence-electron chi connectivity index (χ4n) is 1.39. The zero-order chi connectivity index (χ0) is 14.5. The molecule has 106 valence electrons. The summed E-state index contributed by atoms with van der Waals surface area (Å²) in [7, 11) is 0. The highest BCUT2D eigenvalue weighted by atomic mass is 32.2. The molecule has 0 radical (unpaired) electrons. The normalized spacial score (nSPS) is 10.6. The predicted octanol–water partition coefficient (Wildman–Crippen LogP) is 3.88. The van der Waals surface area contributed by atoms with E-state index in [4.69, 9.17) is 10.2 Å². The molecule has 2 aromatic rings. The average Bonchev–Trinajstić information content (AvgIpc) is 2.87. The first-order valence-corrected chi connectivity index (χ1v) is 6.57. The molecule has 0 unspecified atom stereocenters. The number of nitrogens with zero attached hydrogens (tertiary/aromatic N) is 2. The summed E-state index contributed by atoms with van der Waals surface area (Å²) >= 11 is 0.999. The first-order valence-electron chi connectivity index (χ1n) is 5.58. The smallest absolute Gasteiger partial charge is 0.301 e. The minimum absolute atomic E-state index is 0.0785. The molecule has 1 aromatic carbocycles. The summed E-state index contributed by atoms with van der Waals surface area (Å²) in [5.41, 5.74) is 6.84. The number of para-hydroxylation sites is 1. The van der Waals surface area contributed by atoms with Gasteiger partial charge in [0.1, 0.15) is 0 Å². The summed E-state index contributed by atoms with van der Waals surface area (Å²) in [4.78, 5) is 0. The van der Waals surface area contributed by atoms with Gasteiger partial charge in [-0.15, -0.1) is 10.2 Å². The second-order valence-electron chi connectivity index (χ2n) is 3.72. The molecule has 0 aliphatic heterocycles. The van der Waals surface area contributed by atoms with Crippen LogP contribution in [0.1, 0.15) is 6.42 Å². The van der Waals surface area contributed by atoms with E-state index >= 15 is 0 Å². The average molecular weight is 301 g/mol. The van der Waals surface area contributed by atoms with Gasteiger partial charge in [-0.25, -0.2) is 4.39 Å². The summed E-state index contributed by atoms with van der Waals surface area (Å²) in [6, 6.07) is 6.95. The van der Waals surface area contributed by atoms with Gasteiger partial charge in [-0.1, -0.05) is 23.9 Å². The Morgan fingerprint density at radius 1 is 1.20 bits per heavy atom. The first-order chi connectivity index (χ1) is 9.58. The van der Waals surface area contributed by atoms with E-state index in [2.05, 4.69) is 10.2 Å². The highest BCUT2D eigenvalue weighted by molar-refractivity contribution is 7.99. The van der Waals surface area contributed by atoms with E-state index in [1.807, 2.05) is 0 Å². The van der Waals surface area contributed by atoms with Crippen LogP contribution in [0.25, 0.3) is 11.5 Å². The van der Waals surface area contributed by atoms with Gasteiger partial charge in [0.25, 0.3) is 11.1 Å². The summed E-state index contributed by atoms with van der Waals surface area (Å²) in [6.45, 7) is 0. The number of nitrogens with two attached hydrogens (primary N) is 1. The van der Waals surface area contributed by atoms with Crippen molar-refractivity contribution in [2.75, 3.05) is 11.5 Å². The molecule has 0 fully saturated rings. The standard InChI is InChI=1S/C12H10F3N3OS/c13-8(10(14)15)5-6-20-12-18-17-11(19-12)7-3-1-2-4-9(7)16/h1-4H,5-6,16H2. The van der Waals surface area contributed by atoms with E-state index in [0.29, 0.717) is 11.3 Å². The Morgan fingerprint density at radius 3 is 2.65 bits per heavy atom. The Kier molecular flexibility index (Phi) is 4.67. The molecule has 0 atom stereocenters. The molecule has 0 saturated carbocycles. The highest BCUT2D eigenvalue weighted by Gasteiger charge is 2.12. The molecule has 2 rings (SSSR count). The van der Waals surface area contributed by atoms with Crippen LogP contribution in [0.3, 0.4) is 0 Å². The van der Waals surface area contributed by atoms with Gasteiger partial charge in [-0.2, -0.15) is 8.78 Å². The minimum atomic E-state index is -2.30. The number of aromatic nitrogens is 2. The quantitative estimate of drug-likeness (QED) is 0.670. The van der Waals surface area contributed by atoms with Crippen molar-refractivity contribution in [1.29, 1.82) is 0 Å². The molecule has 0 spiro atoms. The maximum atomic E-state index is 12.6. The van der Waals surface area contributed by atoms with Crippen molar-refractivity contribution in [2.45, 2.75) is 11.6 Å². The summed E-state index contributed by atoms with van der Waals surface area (Å²) < 4.78 is 41.6. The summed E-state index contributed by atoms with van der Waals surface area (Å²) in [6.07, 6.45) is -2.69. The van der Waals surface area contributed by atoms with Gasteiger partial charge in [0.15, 0.2) is 5.83 Å². The van der Waals surface area contributed by atoms with Crippen LogP contribution < -0.4 is 5.73 Å². The number of benzene rings is 1. The van der Waals surface area contributed by atoms with E-state index < -0.39 is 18.3 Å². The van der Waals surface area contributed by atoms with Gasteiger partial charge in [0.2, 0.25) is 0 Å². The molecule has 2 N–H and O–H groups in total. The molecular formula is C12H10F3N3OS. The van der Waals surface area contributed by atoms with E-state index in [0.717, 1.165) is 11.8 Å². The van der Waals surface area contributed by atoms with E-state index in [1.165, 1.54) is 0 Å². The molecule has 20 heavy (non-hydrogen) atoms. The third kappa shape index (κ3) is 3.53. The SMILES string of the molecule is Nc1ccccc1-c1nnc(SCCC(F)=C(F)F)o1. The second-order valence-corrected chi connectivity index (χ2v) is 4.77. The Bertz CT molecular complexity index is 626. The van der Waals surface area contributed by atoms with Crippen molar-refractivity contribution in [3.63, 3.8) is 0 Å². The van der Waals surface area contributed by atoms with Crippen LogP contribution in [0, 0.1) is 0 Å². The number of halogens is 3. The third-order valence-electron chi connectivity index (χ3n) is 2.35. The monoisotopic (exact) mass is 301 g/mol. The lowest BCUT2D eigenvalue weighted by Crippen LogP contribution is -1.88. The van der Waals surface area contributed by atoms with Gasteiger partial charge < -0.3 is 10.2 Å². The van der Waals surface area contributed by atoms with Gasteiger partial charge in [0, 0.05) is 17.9 Å². The summed E-state index contributed by atoms with van der Waals surface area (Å²) in [5.74, 6) is -1.11. The zero-order valence-corrected chi connectivity index (χ0v) is 11.0. The number of nitrogen functional groups attached to an aromatic ring is 1. The second kappa shape index (κ2) is 6.47. The number of anilines is 1. The van der Waals surface area contributed by atoms with Crippen LogP contribution in [0.5, 0.6) is 0 Å². The molecule has 8 heteroatoms. The first kappa shape index (κ1) is 14.4. The molecule has 0 aliphatic rings. The van der Waals surface area contributed by atoms with Crippen molar-refractivity contribution in [3.05, 3.63) is 36.2 Å². The predicted molar refractivity (Wildman–Crippen MR) is 69.8 cm³/mol. The van der Waals surface area contributed by atoms with Crippen LogP contribution in [0.2, 0.25) is 0 Å². The molecular weight excluding hydrogens is 291 g/mol. The topological polar surface area (TPSA) is 64.9 Å². The largest absolute Gasteiger partial charge is 0.411 e. The van der Waals surface area contributed by atoms with Gasteiger partial charge in [-0.3, -0.25) is 0 Å². The Labute approximate surface area is 116 Å². The lowest BCUT2D eigenvalue weighted by molar-refractivity contribution is 0.373. The van der Waals surface area contributed by atoms with Crippen LogP contribution in [0.4, 0.5) is 18.9 Å². The minimum Gasteiger partial charge on any atom is -0.411 e. The number of thioether (sulfide) groups is 1. The maximum Gasteiger partial charge on any atom is 0.301 e. The van der Waals surface area contributed by atoms with E-state index in [1.54, 1.807) is 24.3 Å². The number of allylic oxidation sites excluding steroid dienone is 1. The fourth-order valence-corrected chi connectivity index (χ4v) is 2.08. The van der Waals surface area contributed by atoms with Gasteiger partial charge >= 0.3 is 6.08 Å². The lowest BCUT2D eigenvalue weighted by Gasteiger charge is -1.98. The third-order valence-corrected chi connectivity index (χ3v) is 3.17. The van der Waals surface area contributed by atoms with Crippen LogP contribution in [-0.4, -0.2) is 16.0 Å². The van der Waals surface area contributed by atoms with Crippen molar-refractivity contribution in [2.24, 2.45) is 0 Å². The van der Waals surface area contributed by atoms with Crippen molar-refractivity contribution >= 4 is 17.4 Å². The Hall–Kier alpha value is -1.96. The van der Waals surface area contributed by atoms with E-state index in [-0.39, 0.29) is 16.9 Å². The summed E-state index contributed by atoms with van der Waals surface area (Å²) in [5, 5.41) is 7.73. The molecule has 0 bridgehead atoms. The van der Waals surface area contributed by atoms with E-state index in [9.17, 15) is 13.2 Å². The number of rotatable bonds is 5. The molecule has 4 nitrogen and oxygen atoms in total. The van der Waals surface area contributed by atoms with Crippen molar-refractivity contribution in [1.82, 2.24) is 10.2 Å². The van der Waals surface area contributed by atoms with Crippen LogP contribution in [0.15, 0.2) is 45.8 Å². The molecule has 0 aliphatic carbocycles. The number of hydrogen-bond acceptors (Lipinski definition) is 5. The zero-order valence-electron chi connectivity index (χ0n) is 10.1. The number of hydrogen-bond donors (Lipinski definition) is 1. The molecule has 0 amide bonds. The Morgan fingerprint density at radius 2 is 1.95 bits per heavy atom. The van der Waals surface area contributed by atoms with Crippen LogP contribution >= 0.6 is 11.8 Å². The molecule has 0 saturated heterocycles. The van der Waals surface area contributed by atoms with Crippen LogP contribution in [-0.2, 0) is 0 Å². The Balaban J connectivity index is 2.00. The lowest BCUT2D eigenvalue weighted by atomic mass is 10.2. The molecule has 1 aromatic heterocycles. The fraction of sp³-hybridized carbons (Fsp3) is 0.167.